The van der Waals surface area contributed by atoms with Gasteiger partial charge in [0, 0.05) is 43.5 Å². The van der Waals surface area contributed by atoms with Gasteiger partial charge in [0.15, 0.2) is 0 Å². The van der Waals surface area contributed by atoms with Crippen molar-refractivity contribution in [3.63, 3.8) is 0 Å². The number of likely N-dealkylation sites (N-methyl/N-ethyl adjacent to an activating group) is 1. The van der Waals surface area contributed by atoms with Gasteiger partial charge < -0.3 is 10.1 Å². The minimum Gasteiger partial charge on any atom is -0.378 e. The van der Waals surface area contributed by atoms with E-state index in [9.17, 15) is 4.79 Å². The molecule has 1 unspecified atom stereocenters. The van der Waals surface area contributed by atoms with Gasteiger partial charge in [-0.1, -0.05) is 19.1 Å². The summed E-state index contributed by atoms with van der Waals surface area (Å²) < 4.78 is 7.40. The topological polar surface area (TPSA) is 84.6 Å². The summed E-state index contributed by atoms with van der Waals surface area (Å²) in [5, 5.41) is 11.3. The number of carbonyl (C=O) groups is 1. The van der Waals surface area contributed by atoms with Crippen LogP contribution in [-0.4, -0.2) is 62.7 Å². The zero-order valence-corrected chi connectivity index (χ0v) is 15.9. The molecule has 28 heavy (non-hydrogen) atoms. The molecule has 0 saturated carbocycles. The van der Waals surface area contributed by atoms with Crippen LogP contribution in [0.5, 0.6) is 0 Å². The number of benzene rings is 1. The number of nitrogens with one attached hydrogen (secondary N) is 1. The van der Waals surface area contributed by atoms with Crippen LogP contribution < -0.4 is 5.32 Å². The van der Waals surface area contributed by atoms with E-state index in [1.54, 1.807) is 6.20 Å². The molecule has 3 aromatic rings. The minimum atomic E-state index is 0.0104. The minimum absolute atomic E-state index is 0.0104. The van der Waals surface area contributed by atoms with Gasteiger partial charge in [-0.3, -0.25) is 14.1 Å². The normalized spacial score (nSPS) is 17.7. The van der Waals surface area contributed by atoms with E-state index in [1.165, 1.54) is 0 Å². The molecule has 0 spiro atoms. The quantitative estimate of drug-likeness (QED) is 0.702. The number of hydrogen-bond acceptors (Lipinski definition) is 6. The molecule has 0 aliphatic carbocycles. The summed E-state index contributed by atoms with van der Waals surface area (Å²) in [6, 6.07) is 9.83. The first-order valence-electron chi connectivity index (χ1n) is 9.58. The molecule has 0 bridgehead atoms. The van der Waals surface area contributed by atoms with Crippen LogP contribution in [0.25, 0.3) is 5.78 Å². The molecule has 1 aromatic carbocycles. The lowest BCUT2D eigenvalue weighted by atomic mass is 10.1. The number of rotatable bonds is 6. The fourth-order valence-corrected chi connectivity index (χ4v) is 3.52. The molecule has 1 amide bonds. The van der Waals surface area contributed by atoms with E-state index in [1.807, 2.05) is 40.9 Å². The van der Waals surface area contributed by atoms with Gasteiger partial charge in [-0.15, -0.1) is 10.2 Å². The molecule has 1 fully saturated rings. The van der Waals surface area contributed by atoms with Gasteiger partial charge in [0.2, 0.25) is 5.91 Å². The lowest BCUT2D eigenvalue weighted by Gasteiger charge is -2.34. The molecule has 2 aromatic heterocycles. The first kappa shape index (κ1) is 18.5. The SMILES string of the molecule is CCN1CCOCC1CC(=O)Nc1ccc(Cc2nnc3ncccn23)cc1. The summed E-state index contributed by atoms with van der Waals surface area (Å²) in [7, 11) is 0. The van der Waals surface area contributed by atoms with E-state index in [4.69, 9.17) is 4.74 Å². The number of nitrogens with zero attached hydrogens (tertiary/aromatic N) is 5. The van der Waals surface area contributed by atoms with Gasteiger partial charge in [0.05, 0.1) is 13.2 Å². The van der Waals surface area contributed by atoms with E-state index >= 15 is 0 Å². The fourth-order valence-electron chi connectivity index (χ4n) is 3.52. The predicted octanol–water partition coefficient (Wildman–Crippen LogP) is 1.76. The highest BCUT2D eigenvalue weighted by atomic mass is 16.5. The molecule has 1 N–H and O–H groups in total. The van der Waals surface area contributed by atoms with Crippen LogP contribution in [0.1, 0.15) is 24.7 Å². The monoisotopic (exact) mass is 380 g/mol. The van der Waals surface area contributed by atoms with E-state index in [0.29, 0.717) is 25.2 Å². The van der Waals surface area contributed by atoms with Gasteiger partial charge in [0.1, 0.15) is 5.82 Å². The van der Waals surface area contributed by atoms with Gasteiger partial charge in [-0.05, 0) is 30.3 Å². The lowest BCUT2D eigenvalue weighted by Crippen LogP contribution is -2.46. The van der Waals surface area contributed by atoms with E-state index in [-0.39, 0.29) is 11.9 Å². The van der Waals surface area contributed by atoms with Crippen LogP contribution in [0.4, 0.5) is 5.69 Å². The van der Waals surface area contributed by atoms with Crippen molar-refractivity contribution >= 4 is 17.4 Å². The van der Waals surface area contributed by atoms with Crippen molar-refractivity contribution in [1.29, 1.82) is 0 Å². The number of amides is 1. The third kappa shape index (κ3) is 4.18. The Morgan fingerprint density at radius 1 is 1.29 bits per heavy atom. The van der Waals surface area contributed by atoms with E-state index in [0.717, 1.165) is 36.8 Å². The number of aromatic nitrogens is 4. The molecule has 1 aliphatic rings. The van der Waals surface area contributed by atoms with Crippen molar-refractivity contribution in [3.8, 4) is 0 Å². The van der Waals surface area contributed by atoms with Crippen molar-refractivity contribution in [1.82, 2.24) is 24.5 Å². The first-order valence-corrected chi connectivity index (χ1v) is 9.58. The lowest BCUT2D eigenvalue weighted by molar-refractivity contribution is -0.119. The maximum Gasteiger partial charge on any atom is 0.254 e. The first-order chi connectivity index (χ1) is 13.7. The number of anilines is 1. The summed E-state index contributed by atoms with van der Waals surface area (Å²) in [5.41, 5.74) is 1.88. The van der Waals surface area contributed by atoms with Crippen molar-refractivity contribution in [2.45, 2.75) is 25.8 Å². The number of ether oxygens (including phenoxy) is 1. The molecule has 1 saturated heterocycles. The molecule has 4 rings (SSSR count). The Balaban J connectivity index is 1.36. The summed E-state index contributed by atoms with van der Waals surface area (Å²) in [6.07, 6.45) is 4.69. The average Bonchev–Trinajstić information content (AvgIpc) is 3.13. The summed E-state index contributed by atoms with van der Waals surface area (Å²) in [5.74, 6) is 1.43. The second-order valence-corrected chi connectivity index (χ2v) is 6.89. The Labute approximate surface area is 163 Å². The Bertz CT molecular complexity index is 939. The molecular formula is C20H24N6O2. The van der Waals surface area contributed by atoms with Crippen molar-refractivity contribution < 1.29 is 9.53 Å². The summed E-state index contributed by atoms with van der Waals surface area (Å²) in [4.78, 5) is 18.9. The molecule has 146 valence electrons. The fraction of sp³-hybridized carbons (Fsp3) is 0.400. The summed E-state index contributed by atoms with van der Waals surface area (Å²) >= 11 is 0. The second kappa shape index (κ2) is 8.45. The molecule has 8 heteroatoms. The van der Waals surface area contributed by atoms with E-state index < -0.39 is 0 Å². The molecular weight excluding hydrogens is 356 g/mol. The Morgan fingerprint density at radius 2 is 2.14 bits per heavy atom. The zero-order chi connectivity index (χ0) is 19.3. The highest BCUT2D eigenvalue weighted by Crippen LogP contribution is 2.15. The smallest absolute Gasteiger partial charge is 0.254 e. The number of carbonyl (C=O) groups excluding carboxylic acids is 1. The Morgan fingerprint density at radius 3 is 2.96 bits per heavy atom. The average molecular weight is 380 g/mol. The van der Waals surface area contributed by atoms with Crippen molar-refractivity contribution in [2.75, 3.05) is 31.6 Å². The number of hydrogen-bond donors (Lipinski definition) is 1. The third-order valence-corrected chi connectivity index (χ3v) is 5.04. The molecule has 3 heterocycles. The highest BCUT2D eigenvalue weighted by Gasteiger charge is 2.24. The molecule has 8 nitrogen and oxygen atoms in total. The van der Waals surface area contributed by atoms with Crippen LogP contribution in [0, 0.1) is 0 Å². The van der Waals surface area contributed by atoms with E-state index in [2.05, 4.69) is 32.3 Å². The highest BCUT2D eigenvalue weighted by molar-refractivity contribution is 5.91. The molecule has 1 aliphatic heterocycles. The zero-order valence-electron chi connectivity index (χ0n) is 15.9. The van der Waals surface area contributed by atoms with Crippen LogP contribution in [0.15, 0.2) is 42.7 Å². The second-order valence-electron chi connectivity index (χ2n) is 6.89. The van der Waals surface area contributed by atoms with Gasteiger partial charge in [-0.25, -0.2) is 4.98 Å². The van der Waals surface area contributed by atoms with Crippen LogP contribution in [0.3, 0.4) is 0 Å². The third-order valence-electron chi connectivity index (χ3n) is 5.04. The van der Waals surface area contributed by atoms with Crippen LogP contribution in [0.2, 0.25) is 0 Å². The van der Waals surface area contributed by atoms with Crippen molar-refractivity contribution in [2.24, 2.45) is 0 Å². The number of fused-ring (bicyclic) bond motifs is 1. The Kier molecular flexibility index (Phi) is 5.59. The Hall–Kier alpha value is -2.84. The molecule has 0 radical (unpaired) electrons. The standard InChI is InChI=1S/C20H24N6O2/c1-2-25-10-11-28-14-17(25)13-19(27)22-16-6-4-15(5-7-16)12-18-23-24-20-21-8-3-9-26(18)20/h3-9,17H,2,10-14H2,1H3,(H,22,27). The molecule has 1 atom stereocenters. The largest absolute Gasteiger partial charge is 0.378 e. The summed E-state index contributed by atoms with van der Waals surface area (Å²) in [6.45, 7) is 5.29. The van der Waals surface area contributed by atoms with Gasteiger partial charge in [0.25, 0.3) is 5.78 Å². The van der Waals surface area contributed by atoms with Crippen LogP contribution in [-0.2, 0) is 16.0 Å². The van der Waals surface area contributed by atoms with Gasteiger partial charge in [-0.2, -0.15) is 0 Å². The maximum atomic E-state index is 12.4. The van der Waals surface area contributed by atoms with Gasteiger partial charge >= 0.3 is 0 Å². The van der Waals surface area contributed by atoms with Crippen molar-refractivity contribution in [3.05, 3.63) is 54.1 Å². The van der Waals surface area contributed by atoms with Crippen LogP contribution >= 0.6 is 0 Å². The predicted molar refractivity (Wildman–Crippen MR) is 105 cm³/mol. The number of morpholine rings is 1. The maximum absolute atomic E-state index is 12.4.